The van der Waals surface area contributed by atoms with Crippen molar-refractivity contribution in [1.82, 2.24) is 4.90 Å². The molecule has 0 unspecified atom stereocenters. The Bertz CT molecular complexity index is 405. The molecule has 1 saturated heterocycles. The van der Waals surface area contributed by atoms with Crippen LogP contribution in [0.3, 0.4) is 0 Å². The van der Waals surface area contributed by atoms with Crippen LogP contribution in [0, 0.1) is 0 Å². The second-order valence-electron chi connectivity index (χ2n) is 5.57. The first-order valence-electron chi connectivity index (χ1n) is 7.68. The fraction of sp³-hybridized carbons (Fsp3) is 0.588. The second kappa shape index (κ2) is 8.05. The van der Waals surface area contributed by atoms with Gasteiger partial charge in [0.15, 0.2) is 0 Å². The molecule has 0 radical (unpaired) electrons. The molecule has 1 heterocycles. The summed E-state index contributed by atoms with van der Waals surface area (Å²) in [7, 11) is 0. The summed E-state index contributed by atoms with van der Waals surface area (Å²) in [6.07, 6.45) is 5.27. The van der Waals surface area contributed by atoms with Gasteiger partial charge in [0.2, 0.25) is 5.91 Å². The average Bonchev–Trinajstić information content (AvgIpc) is 2.69. The standard InChI is InChI=1S/C17H25NO2/c1-15-8-4-3-7-12-18(15)17(19)11-13-20-14-16-9-5-2-6-10-16/h2,5-6,9-10,15H,3-4,7-8,11-14H2,1H3/t15-/m1/s1. The van der Waals surface area contributed by atoms with Crippen LogP contribution in [0.25, 0.3) is 0 Å². The summed E-state index contributed by atoms with van der Waals surface area (Å²) in [4.78, 5) is 14.3. The highest BCUT2D eigenvalue weighted by molar-refractivity contribution is 5.76. The van der Waals surface area contributed by atoms with Gasteiger partial charge in [0.25, 0.3) is 0 Å². The van der Waals surface area contributed by atoms with E-state index in [1.165, 1.54) is 12.8 Å². The van der Waals surface area contributed by atoms with Crippen molar-refractivity contribution >= 4 is 5.91 Å². The molecule has 0 saturated carbocycles. The molecule has 3 nitrogen and oxygen atoms in total. The van der Waals surface area contributed by atoms with Gasteiger partial charge in [-0.2, -0.15) is 0 Å². The van der Waals surface area contributed by atoms with Crippen LogP contribution >= 0.6 is 0 Å². The minimum absolute atomic E-state index is 0.243. The van der Waals surface area contributed by atoms with E-state index in [2.05, 4.69) is 6.92 Å². The minimum Gasteiger partial charge on any atom is -0.376 e. The normalized spacial score (nSPS) is 19.6. The zero-order valence-corrected chi connectivity index (χ0v) is 12.4. The molecule has 1 atom stereocenters. The van der Waals surface area contributed by atoms with Crippen LogP contribution in [0.1, 0.15) is 44.6 Å². The third-order valence-electron chi connectivity index (χ3n) is 3.95. The molecule has 20 heavy (non-hydrogen) atoms. The third-order valence-corrected chi connectivity index (χ3v) is 3.95. The lowest BCUT2D eigenvalue weighted by Crippen LogP contribution is -2.38. The van der Waals surface area contributed by atoms with E-state index in [1.807, 2.05) is 35.2 Å². The van der Waals surface area contributed by atoms with Gasteiger partial charge in [0.1, 0.15) is 0 Å². The van der Waals surface area contributed by atoms with E-state index in [9.17, 15) is 4.79 Å². The zero-order chi connectivity index (χ0) is 14.2. The first kappa shape index (κ1) is 15.0. The fourth-order valence-corrected chi connectivity index (χ4v) is 2.71. The maximum atomic E-state index is 12.2. The van der Waals surface area contributed by atoms with Gasteiger partial charge >= 0.3 is 0 Å². The van der Waals surface area contributed by atoms with E-state index in [0.717, 1.165) is 24.9 Å². The summed E-state index contributed by atoms with van der Waals surface area (Å²) in [5.74, 6) is 0.243. The number of likely N-dealkylation sites (tertiary alicyclic amines) is 1. The Hall–Kier alpha value is -1.35. The number of benzene rings is 1. The molecule has 110 valence electrons. The second-order valence-corrected chi connectivity index (χ2v) is 5.57. The molecule has 0 aromatic heterocycles. The summed E-state index contributed by atoms with van der Waals surface area (Å²) >= 11 is 0. The Balaban J connectivity index is 1.69. The summed E-state index contributed by atoms with van der Waals surface area (Å²) in [6, 6.07) is 10.5. The van der Waals surface area contributed by atoms with Crippen LogP contribution in [0.5, 0.6) is 0 Å². The molecule has 1 aromatic carbocycles. The van der Waals surface area contributed by atoms with Crippen LogP contribution in [-0.2, 0) is 16.1 Å². The quantitative estimate of drug-likeness (QED) is 0.771. The SMILES string of the molecule is C[C@@H]1CCCCCN1C(=O)CCOCc1ccccc1. The van der Waals surface area contributed by atoms with Crippen molar-refractivity contribution in [2.45, 2.75) is 51.7 Å². The molecular formula is C17H25NO2. The Morgan fingerprint density at radius 3 is 2.85 bits per heavy atom. The molecule has 1 aliphatic rings. The number of ether oxygens (including phenoxy) is 1. The van der Waals surface area contributed by atoms with Gasteiger partial charge in [-0.25, -0.2) is 0 Å². The third kappa shape index (κ3) is 4.64. The number of hydrogen-bond acceptors (Lipinski definition) is 2. The Morgan fingerprint density at radius 1 is 1.25 bits per heavy atom. The van der Waals surface area contributed by atoms with Gasteiger partial charge in [-0.15, -0.1) is 0 Å². The molecule has 0 N–H and O–H groups in total. The van der Waals surface area contributed by atoms with Gasteiger partial charge in [-0.3, -0.25) is 4.79 Å². The molecule has 1 aliphatic heterocycles. The van der Waals surface area contributed by atoms with Gasteiger partial charge in [0.05, 0.1) is 19.6 Å². The topological polar surface area (TPSA) is 29.5 Å². The van der Waals surface area contributed by atoms with Crippen molar-refractivity contribution in [1.29, 1.82) is 0 Å². The van der Waals surface area contributed by atoms with Crippen molar-refractivity contribution in [3.8, 4) is 0 Å². The first-order valence-corrected chi connectivity index (χ1v) is 7.68. The Morgan fingerprint density at radius 2 is 2.05 bits per heavy atom. The highest BCUT2D eigenvalue weighted by atomic mass is 16.5. The van der Waals surface area contributed by atoms with Gasteiger partial charge < -0.3 is 9.64 Å². The van der Waals surface area contributed by atoms with E-state index < -0.39 is 0 Å². The van der Waals surface area contributed by atoms with Crippen molar-refractivity contribution in [2.75, 3.05) is 13.2 Å². The minimum atomic E-state index is 0.243. The highest BCUT2D eigenvalue weighted by Crippen LogP contribution is 2.17. The van der Waals surface area contributed by atoms with Crippen LogP contribution < -0.4 is 0 Å². The Kier molecular flexibility index (Phi) is 6.06. The average molecular weight is 275 g/mol. The van der Waals surface area contributed by atoms with E-state index in [-0.39, 0.29) is 5.91 Å². The smallest absolute Gasteiger partial charge is 0.225 e. The summed E-state index contributed by atoms with van der Waals surface area (Å²) < 4.78 is 5.60. The van der Waals surface area contributed by atoms with Crippen molar-refractivity contribution in [3.63, 3.8) is 0 Å². The number of rotatable bonds is 5. The van der Waals surface area contributed by atoms with Crippen LogP contribution in [0.2, 0.25) is 0 Å². The van der Waals surface area contributed by atoms with Gasteiger partial charge in [0, 0.05) is 12.6 Å². The summed E-state index contributed by atoms with van der Waals surface area (Å²) in [5.41, 5.74) is 1.16. The Labute approximate surface area is 121 Å². The number of carbonyl (C=O) groups excluding carboxylic acids is 1. The van der Waals surface area contributed by atoms with E-state index in [4.69, 9.17) is 4.74 Å². The van der Waals surface area contributed by atoms with Crippen LogP contribution in [0.15, 0.2) is 30.3 Å². The molecule has 1 fully saturated rings. The van der Waals surface area contributed by atoms with E-state index >= 15 is 0 Å². The van der Waals surface area contributed by atoms with Gasteiger partial charge in [-0.05, 0) is 25.3 Å². The summed E-state index contributed by atoms with van der Waals surface area (Å²) in [5, 5.41) is 0. The summed E-state index contributed by atoms with van der Waals surface area (Å²) in [6.45, 7) is 4.17. The molecule has 1 amide bonds. The predicted octanol–water partition coefficient (Wildman–Crippen LogP) is 3.38. The van der Waals surface area contributed by atoms with E-state index in [0.29, 0.717) is 25.7 Å². The molecule has 0 bridgehead atoms. The maximum absolute atomic E-state index is 12.2. The van der Waals surface area contributed by atoms with Crippen LogP contribution in [-0.4, -0.2) is 30.0 Å². The highest BCUT2D eigenvalue weighted by Gasteiger charge is 2.21. The molecule has 0 aliphatic carbocycles. The number of nitrogens with zero attached hydrogens (tertiary/aromatic N) is 1. The number of carbonyl (C=O) groups is 1. The largest absolute Gasteiger partial charge is 0.376 e. The predicted molar refractivity (Wildman–Crippen MR) is 80.4 cm³/mol. The monoisotopic (exact) mass is 275 g/mol. The van der Waals surface area contributed by atoms with Gasteiger partial charge in [-0.1, -0.05) is 43.2 Å². The first-order chi connectivity index (χ1) is 9.77. The maximum Gasteiger partial charge on any atom is 0.225 e. The molecule has 2 rings (SSSR count). The molecule has 1 aromatic rings. The van der Waals surface area contributed by atoms with E-state index in [1.54, 1.807) is 0 Å². The van der Waals surface area contributed by atoms with Crippen molar-refractivity contribution in [2.24, 2.45) is 0 Å². The lowest BCUT2D eigenvalue weighted by molar-refractivity contribution is -0.134. The fourth-order valence-electron chi connectivity index (χ4n) is 2.71. The zero-order valence-electron chi connectivity index (χ0n) is 12.4. The molecule has 3 heteroatoms. The van der Waals surface area contributed by atoms with Crippen LogP contribution in [0.4, 0.5) is 0 Å². The molecule has 0 spiro atoms. The number of hydrogen-bond donors (Lipinski definition) is 0. The number of amides is 1. The lowest BCUT2D eigenvalue weighted by Gasteiger charge is -2.27. The van der Waals surface area contributed by atoms with Crippen molar-refractivity contribution in [3.05, 3.63) is 35.9 Å². The van der Waals surface area contributed by atoms with Crippen molar-refractivity contribution < 1.29 is 9.53 Å². The lowest BCUT2D eigenvalue weighted by atomic mass is 10.1. The molecular weight excluding hydrogens is 250 g/mol.